The molecule has 96 valence electrons. The highest BCUT2D eigenvalue weighted by molar-refractivity contribution is 5.29. The van der Waals surface area contributed by atoms with Crippen LogP contribution in [0.2, 0.25) is 0 Å². The number of hydrogen-bond acceptors (Lipinski definition) is 4. The van der Waals surface area contributed by atoms with Gasteiger partial charge in [0.25, 0.3) is 0 Å². The second-order valence-electron chi connectivity index (χ2n) is 4.29. The summed E-state index contributed by atoms with van der Waals surface area (Å²) in [5.41, 5.74) is 1.71. The molecule has 0 aliphatic carbocycles. The van der Waals surface area contributed by atoms with Gasteiger partial charge in [-0.1, -0.05) is 12.1 Å². The highest BCUT2D eigenvalue weighted by Crippen LogP contribution is 2.20. The van der Waals surface area contributed by atoms with E-state index in [1.165, 1.54) is 0 Å². The molecule has 1 unspecified atom stereocenters. The van der Waals surface area contributed by atoms with Crippen molar-refractivity contribution in [1.82, 2.24) is 4.98 Å². The molecule has 0 spiro atoms. The lowest BCUT2D eigenvalue weighted by molar-refractivity contribution is 0.198. The first kappa shape index (κ1) is 12.6. The van der Waals surface area contributed by atoms with E-state index in [0.29, 0.717) is 11.6 Å². The summed E-state index contributed by atoms with van der Waals surface area (Å²) in [6, 6.07) is 7.36. The molecule has 1 heterocycles. The van der Waals surface area contributed by atoms with E-state index in [-0.39, 0.29) is 6.61 Å². The van der Waals surface area contributed by atoms with Crippen molar-refractivity contribution in [1.29, 1.82) is 0 Å². The quantitative estimate of drug-likeness (QED) is 0.902. The van der Waals surface area contributed by atoms with Crippen molar-refractivity contribution in [2.24, 2.45) is 0 Å². The van der Waals surface area contributed by atoms with E-state index < -0.39 is 6.10 Å². The third-order valence-electron chi connectivity index (χ3n) is 2.78. The van der Waals surface area contributed by atoms with Gasteiger partial charge in [-0.05, 0) is 38.5 Å². The van der Waals surface area contributed by atoms with Gasteiger partial charge in [-0.25, -0.2) is 4.98 Å². The molecule has 4 nitrogen and oxygen atoms in total. The van der Waals surface area contributed by atoms with Gasteiger partial charge < -0.3 is 14.3 Å². The van der Waals surface area contributed by atoms with Gasteiger partial charge in [0, 0.05) is 0 Å². The molecule has 0 saturated carbocycles. The molecule has 1 aromatic heterocycles. The fraction of sp³-hybridized carbons (Fsp3) is 0.357. The SMILES string of the molecule is Cc1nc(COc2cccc(C(C)O)c2)oc1C. The molecule has 0 saturated heterocycles. The summed E-state index contributed by atoms with van der Waals surface area (Å²) in [7, 11) is 0. The molecule has 2 rings (SSSR count). The number of aliphatic hydroxyl groups excluding tert-OH is 1. The summed E-state index contributed by atoms with van der Waals surface area (Å²) in [5, 5.41) is 9.49. The maximum Gasteiger partial charge on any atom is 0.232 e. The standard InChI is InChI=1S/C14H17NO3/c1-9-11(3)18-14(15-9)8-17-13-6-4-5-12(7-13)10(2)16/h4-7,10,16H,8H2,1-3H3. The van der Waals surface area contributed by atoms with E-state index in [1.54, 1.807) is 6.92 Å². The first-order chi connectivity index (χ1) is 8.56. The molecule has 0 amide bonds. The third kappa shape index (κ3) is 2.90. The van der Waals surface area contributed by atoms with E-state index >= 15 is 0 Å². The number of aliphatic hydroxyl groups is 1. The summed E-state index contributed by atoms with van der Waals surface area (Å²) < 4.78 is 11.0. The summed E-state index contributed by atoms with van der Waals surface area (Å²) in [4.78, 5) is 4.24. The molecule has 0 aliphatic rings. The van der Waals surface area contributed by atoms with Crippen molar-refractivity contribution < 1.29 is 14.3 Å². The first-order valence-corrected chi connectivity index (χ1v) is 5.90. The molecule has 0 radical (unpaired) electrons. The van der Waals surface area contributed by atoms with Gasteiger partial charge in [-0.15, -0.1) is 0 Å². The topological polar surface area (TPSA) is 55.5 Å². The monoisotopic (exact) mass is 247 g/mol. The van der Waals surface area contributed by atoms with E-state index in [1.807, 2.05) is 38.1 Å². The number of aromatic nitrogens is 1. The Balaban J connectivity index is 2.03. The van der Waals surface area contributed by atoms with Gasteiger partial charge >= 0.3 is 0 Å². The summed E-state index contributed by atoms with van der Waals surface area (Å²) >= 11 is 0. The Morgan fingerprint density at radius 1 is 1.39 bits per heavy atom. The second-order valence-corrected chi connectivity index (χ2v) is 4.29. The van der Waals surface area contributed by atoms with Crippen LogP contribution in [0, 0.1) is 13.8 Å². The van der Waals surface area contributed by atoms with Gasteiger partial charge in [0.1, 0.15) is 11.5 Å². The zero-order chi connectivity index (χ0) is 13.1. The molecule has 1 aromatic carbocycles. The van der Waals surface area contributed by atoms with E-state index in [4.69, 9.17) is 9.15 Å². The molecular weight excluding hydrogens is 230 g/mol. The Labute approximate surface area is 106 Å². The number of benzene rings is 1. The number of rotatable bonds is 4. The van der Waals surface area contributed by atoms with Crippen molar-refractivity contribution in [3.05, 3.63) is 47.2 Å². The first-order valence-electron chi connectivity index (χ1n) is 5.90. The minimum atomic E-state index is -0.500. The molecule has 2 aromatic rings. The molecule has 0 fully saturated rings. The number of ether oxygens (including phenoxy) is 1. The van der Waals surface area contributed by atoms with Crippen LogP contribution < -0.4 is 4.74 Å². The smallest absolute Gasteiger partial charge is 0.232 e. The summed E-state index contributed by atoms with van der Waals surface area (Å²) in [6.07, 6.45) is -0.500. The van der Waals surface area contributed by atoms with Crippen LogP contribution in [-0.4, -0.2) is 10.1 Å². The minimum Gasteiger partial charge on any atom is -0.484 e. The van der Waals surface area contributed by atoms with Crippen LogP contribution in [0.4, 0.5) is 0 Å². The maximum absolute atomic E-state index is 9.49. The Morgan fingerprint density at radius 3 is 2.78 bits per heavy atom. The molecule has 1 atom stereocenters. The van der Waals surface area contributed by atoms with Gasteiger partial charge in [0.2, 0.25) is 5.89 Å². The fourth-order valence-corrected chi connectivity index (χ4v) is 1.61. The number of nitrogens with zero attached hydrogens (tertiary/aromatic N) is 1. The predicted octanol–water partition coefficient (Wildman–Crippen LogP) is 2.92. The van der Waals surface area contributed by atoms with Crippen LogP contribution in [-0.2, 0) is 6.61 Å². The Hall–Kier alpha value is -1.81. The van der Waals surface area contributed by atoms with E-state index in [2.05, 4.69) is 4.98 Å². The van der Waals surface area contributed by atoms with Crippen LogP contribution in [0.25, 0.3) is 0 Å². The Kier molecular flexibility index (Phi) is 3.67. The average molecular weight is 247 g/mol. The molecule has 0 aliphatic heterocycles. The Morgan fingerprint density at radius 2 is 2.17 bits per heavy atom. The Bertz CT molecular complexity index is 512. The second kappa shape index (κ2) is 5.23. The van der Waals surface area contributed by atoms with Crippen molar-refractivity contribution in [2.75, 3.05) is 0 Å². The number of hydrogen-bond donors (Lipinski definition) is 1. The van der Waals surface area contributed by atoms with Crippen molar-refractivity contribution in [3.8, 4) is 5.75 Å². The van der Waals surface area contributed by atoms with Gasteiger partial charge in [-0.2, -0.15) is 0 Å². The average Bonchev–Trinajstić information content (AvgIpc) is 2.67. The van der Waals surface area contributed by atoms with Gasteiger partial charge in [0.15, 0.2) is 6.61 Å². The van der Waals surface area contributed by atoms with Crippen molar-refractivity contribution in [2.45, 2.75) is 33.5 Å². The van der Waals surface area contributed by atoms with Crippen LogP contribution >= 0.6 is 0 Å². The van der Waals surface area contributed by atoms with Crippen molar-refractivity contribution in [3.63, 3.8) is 0 Å². The zero-order valence-electron chi connectivity index (χ0n) is 10.8. The third-order valence-corrected chi connectivity index (χ3v) is 2.78. The highest BCUT2D eigenvalue weighted by atomic mass is 16.5. The maximum atomic E-state index is 9.49. The van der Waals surface area contributed by atoms with Crippen LogP contribution in [0.3, 0.4) is 0 Å². The lowest BCUT2D eigenvalue weighted by Crippen LogP contribution is -1.97. The molecule has 4 heteroatoms. The number of aryl methyl sites for hydroxylation is 2. The minimum absolute atomic E-state index is 0.290. The normalized spacial score (nSPS) is 12.4. The summed E-state index contributed by atoms with van der Waals surface area (Å²) in [5.74, 6) is 2.07. The summed E-state index contributed by atoms with van der Waals surface area (Å²) in [6.45, 7) is 5.79. The lowest BCUT2D eigenvalue weighted by Gasteiger charge is -2.08. The predicted molar refractivity (Wildman–Crippen MR) is 67.4 cm³/mol. The molecule has 1 N–H and O–H groups in total. The molecule has 18 heavy (non-hydrogen) atoms. The largest absolute Gasteiger partial charge is 0.484 e. The van der Waals surface area contributed by atoms with Crippen LogP contribution in [0.5, 0.6) is 5.75 Å². The molecule has 0 bridgehead atoms. The van der Waals surface area contributed by atoms with Gasteiger partial charge in [-0.3, -0.25) is 0 Å². The van der Waals surface area contributed by atoms with E-state index in [0.717, 1.165) is 17.0 Å². The highest BCUT2D eigenvalue weighted by Gasteiger charge is 2.07. The van der Waals surface area contributed by atoms with E-state index in [9.17, 15) is 5.11 Å². The van der Waals surface area contributed by atoms with Gasteiger partial charge in [0.05, 0.1) is 11.8 Å². The van der Waals surface area contributed by atoms with Crippen molar-refractivity contribution >= 4 is 0 Å². The lowest BCUT2D eigenvalue weighted by atomic mass is 10.1. The van der Waals surface area contributed by atoms with Crippen LogP contribution in [0.1, 0.15) is 35.9 Å². The van der Waals surface area contributed by atoms with Crippen LogP contribution in [0.15, 0.2) is 28.7 Å². The number of oxazole rings is 1. The fourth-order valence-electron chi connectivity index (χ4n) is 1.61. The zero-order valence-corrected chi connectivity index (χ0v) is 10.8. The molecular formula is C14H17NO3.